The fraction of sp³-hybridized carbons (Fsp3) is 0.250. The number of allylic oxidation sites excluding steroid dienone is 1. The van der Waals surface area contributed by atoms with E-state index in [2.05, 4.69) is 52.8 Å². The molecule has 0 aromatic heterocycles. The van der Waals surface area contributed by atoms with Crippen LogP contribution in [0.4, 0.5) is 9.18 Å². The summed E-state index contributed by atoms with van der Waals surface area (Å²) in [7, 11) is 1.70. The van der Waals surface area contributed by atoms with E-state index in [4.69, 9.17) is 0 Å². The molecule has 1 fully saturated rings. The van der Waals surface area contributed by atoms with Crippen LogP contribution in [0.15, 0.2) is 79.9 Å². The van der Waals surface area contributed by atoms with Gasteiger partial charge in [-0.1, -0.05) is 59.0 Å². The summed E-state index contributed by atoms with van der Waals surface area (Å²) in [6.45, 7) is 2.24. The van der Waals surface area contributed by atoms with E-state index in [1.165, 1.54) is 17.0 Å². The van der Waals surface area contributed by atoms with Crippen LogP contribution in [-0.4, -0.2) is 35.9 Å². The third kappa shape index (κ3) is 7.05. The van der Waals surface area contributed by atoms with E-state index in [-0.39, 0.29) is 34.1 Å². The molecule has 2 aromatic carbocycles. The highest BCUT2D eigenvalue weighted by Crippen LogP contribution is 2.29. The standard InChI is InChI=1S/C28H26FI2N7O2/c1-16(19-7-9-21(29)10-8-19)35-27(39)22-11-18(13-32)15-34-25(22)33-14-17-3-5-20(6-4-17)23(30)12-24-26(37-31)36-28(40)38(24)2/h3-10,12,15-16,18,23,33H,11,14H2,1-2H3,(H,35,39)(H,36,37,40)/t16-,18?,23?/m0/s1. The Kier molecular flexibility index (Phi) is 9.90. The number of nitrogens with zero attached hydrogens (tertiary/aromatic N) is 4. The van der Waals surface area contributed by atoms with Gasteiger partial charge in [-0.2, -0.15) is 8.47 Å². The minimum atomic E-state index is -0.497. The molecule has 2 aliphatic heterocycles. The van der Waals surface area contributed by atoms with Gasteiger partial charge in [-0.25, -0.2) is 14.2 Å². The molecule has 2 heterocycles. The minimum Gasteiger partial charge on any atom is -0.366 e. The minimum absolute atomic E-state index is 0.00451. The number of likely N-dealkylation sites (N-methyl/N-ethyl adjacent to an activating group) is 1. The summed E-state index contributed by atoms with van der Waals surface area (Å²) in [6, 6.07) is 15.6. The molecule has 2 unspecified atom stereocenters. The highest BCUT2D eigenvalue weighted by atomic mass is 127. The van der Waals surface area contributed by atoms with Crippen molar-refractivity contribution in [3.63, 3.8) is 0 Å². The van der Waals surface area contributed by atoms with Crippen molar-refractivity contribution in [2.45, 2.75) is 29.9 Å². The van der Waals surface area contributed by atoms with Crippen molar-refractivity contribution in [2.75, 3.05) is 7.05 Å². The van der Waals surface area contributed by atoms with Crippen LogP contribution in [0.5, 0.6) is 0 Å². The van der Waals surface area contributed by atoms with Gasteiger partial charge < -0.3 is 10.6 Å². The molecule has 206 valence electrons. The van der Waals surface area contributed by atoms with Crippen LogP contribution in [0.25, 0.3) is 0 Å². The number of amidine groups is 1. The van der Waals surface area contributed by atoms with E-state index in [1.54, 1.807) is 25.4 Å². The van der Waals surface area contributed by atoms with Gasteiger partial charge in [-0.3, -0.25) is 15.0 Å². The number of hydrogen-bond acceptors (Lipinski definition) is 6. The zero-order valence-corrected chi connectivity index (χ0v) is 26.0. The third-order valence-electron chi connectivity index (χ3n) is 6.53. The summed E-state index contributed by atoms with van der Waals surface area (Å²) < 4.78 is 17.4. The summed E-state index contributed by atoms with van der Waals surface area (Å²) >= 11 is 4.17. The van der Waals surface area contributed by atoms with Crippen molar-refractivity contribution in [2.24, 2.45) is 14.1 Å². The van der Waals surface area contributed by atoms with Crippen LogP contribution < -0.4 is 16.0 Å². The maximum atomic E-state index is 13.3. The van der Waals surface area contributed by atoms with Crippen molar-refractivity contribution in [1.82, 2.24) is 20.9 Å². The molecular formula is C28H26FI2N7O2. The molecule has 12 heteroatoms. The maximum Gasteiger partial charge on any atom is 0.327 e. The smallest absolute Gasteiger partial charge is 0.327 e. The zero-order chi connectivity index (χ0) is 28.8. The highest BCUT2D eigenvalue weighted by molar-refractivity contribution is 14.1. The first-order valence-corrected chi connectivity index (χ1v) is 14.6. The SMILES string of the molecule is C[C@H](NC(=O)C1=C(NCc2ccc(C(I)C=C3C(=NI)NC(=O)N3C)cc2)N=CC(C#N)C1)c1ccc(F)cc1. The van der Waals surface area contributed by atoms with Gasteiger partial charge in [-0.15, -0.1) is 0 Å². The van der Waals surface area contributed by atoms with Gasteiger partial charge in [0.15, 0.2) is 5.84 Å². The average Bonchev–Trinajstić information content (AvgIpc) is 3.24. The Hall–Kier alpha value is -3.32. The highest BCUT2D eigenvalue weighted by Gasteiger charge is 2.29. The van der Waals surface area contributed by atoms with Gasteiger partial charge in [0.2, 0.25) is 0 Å². The second-order valence-corrected chi connectivity index (χ2v) is 11.1. The molecule has 9 nitrogen and oxygen atoms in total. The Morgan fingerprint density at radius 1 is 1.27 bits per heavy atom. The molecule has 2 aromatic rings. The van der Waals surface area contributed by atoms with Crippen molar-refractivity contribution in [1.29, 1.82) is 5.26 Å². The van der Waals surface area contributed by atoms with Gasteiger partial charge in [0.25, 0.3) is 5.91 Å². The largest absolute Gasteiger partial charge is 0.366 e. The summed E-state index contributed by atoms with van der Waals surface area (Å²) in [5.74, 6) is -0.218. The van der Waals surface area contributed by atoms with Gasteiger partial charge in [-0.05, 0) is 41.8 Å². The predicted molar refractivity (Wildman–Crippen MR) is 168 cm³/mol. The van der Waals surface area contributed by atoms with Gasteiger partial charge in [0, 0.05) is 26.2 Å². The molecule has 3 amide bonds. The lowest BCUT2D eigenvalue weighted by atomic mass is 9.97. The lowest BCUT2D eigenvalue weighted by Gasteiger charge is -2.21. The number of alkyl halides is 1. The van der Waals surface area contributed by atoms with Gasteiger partial charge >= 0.3 is 6.03 Å². The van der Waals surface area contributed by atoms with Crippen molar-refractivity contribution >= 4 is 69.4 Å². The first-order valence-electron chi connectivity index (χ1n) is 12.4. The van der Waals surface area contributed by atoms with Gasteiger partial charge in [0.05, 0.1) is 56.1 Å². The van der Waals surface area contributed by atoms with E-state index in [1.807, 2.05) is 60.1 Å². The molecular weight excluding hydrogens is 739 g/mol. The maximum absolute atomic E-state index is 13.3. The molecule has 0 saturated carbocycles. The number of hydrogen-bond donors (Lipinski definition) is 3. The van der Waals surface area contributed by atoms with Crippen LogP contribution in [0.1, 0.15) is 40.0 Å². The molecule has 40 heavy (non-hydrogen) atoms. The predicted octanol–water partition coefficient (Wildman–Crippen LogP) is 5.38. The summed E-state index contributed by atoms with van der Waals surface area (Å²) in [4.78, 5) is 31.0. The van der Waals surface area contributed by atoms with Crippen molar-refractivity contribution in [3.8, 4) is 6.07 Å². The number of amides is 3. The van der Waals surface area contributed by atoms with Crippen LogP contribution in [0, 0.1) is 23.1 Å². The fourth-order valence-corrected chi connectivity index (χ4v) is 5.30. The number of carbonyl (C=O) groups excluding carboxylic acids is 2. The number of nitrogens with one attached hydrogen (secondary N) is 3. The molecule has 0 aliphatic carbocycles. The molecule has 0 radical (unpaired) electrons. The van der Waals surface area contributed by atoms with E-state index in [0.29, 0.717) is 23.8 Å². The van der Waals surface area contributed by atoms with Gasteiger partial charge in [0.1, 0.15) is 11.6 Å². The lowest BCUT2D eigenvalue weighted by molar-refractivity contribution is -0.118. The van der Waals surface area contributed by atoms with Crippen LogP contribution in [0.3, 0.4) is 0 Å². The quantitative estimate of drug-likeness (QED) is 0.247. The summed E-state index contributed by atoms with van der Waals surface area (Å²) in [6.07, 6.45) is 3.77. The molecule has 4 rings (SSSR count). The Balaban J connectivity index is 1.44. The number of carbonyl (C=O) groups is 2. The Morgan fingerprint density at radius 2 is 1.95 bits per heavy atom. The third-order valence-corrected chi connectivity index (χ3v) is 8.09. The molecule has 2 aliphatic rings. The molecule has 0 bridgehead atoms. The lowest BCUT2D eigenvalue weighted by Crippen LogP contribution is -2.32. The normalized spacial score (nSPS) is 20.4. The summed E-state index contributed by atoms with van der Waals surface area (Å²) in [5, 5.41) is 18.3. The van der Waals surface area contributed by atoms with E-state index in [0.717, 1.165) is 22.4 Å². The molecule has 0 spiro atoms. The van der Waals surface area contributed by atoms with E-state index < -0.39 is 5.92 Å². The second-order valence-electron chi connectivity index (χ2n) is 9.26. The first-order chi connectivity index (χ1) is 19.2. The van der Waals surface area contributed by atoms with Crippen LogP contribution in [-0.2, 0) is 11.3 Å². The van der Waals surface area contributed by atoms with Crippen molar-refractivity contribution < 1.29 is 14.0 Å². The first kappa shape index (κ1) is 29.7. The van der Waals surface area contributed by atoms with Crippen LogP contribution >= 0.6 is 45.5 Å². The Morgan fingerprint density at radius 3 is 2.60 bits per heavy atom. The average molecular weight is 765 g/mol. The monoisotopic (exact) mass is 765 g/mol. The van der Waals surface area contributed by atoms with Crippen LogP contribution in [0.2, 0.25) is 0 Å². The van der Waals surface area contributed by atoms with Crippen molar-refractivity contribution in [3.05, 3.63) is 94.2 Å². The molecule has 1 saturated heterocycles. The Bertz CT molecular complexity index is 1450. The number of halogens is 3. The number of benzene rings is 2. The summed E-state index contributed by atoms with van der Waals surface area (Å²) in [5.41, 5.74) is 3.93. The molecule has 3 atom stereocenters. The topological polar surface area (TPSA) is 122 Å². The van der Waals surface area contributed by atoms with E-state index in [9.17, 15) is 19.2 Å². The number of urea groups is 1. The molecule has 3 N–H and O–H groups in total. The fourth-order valence-electron chi connectivity index (χ4n) is 4.17. The number of nitriles is 1. The zero-order valence-electron chi connectivity index (χ0n) is 21.7. The number of aliphatic imine (C=N–C) groups is 1. The second kappa shape index (κ2) is 13.4. The number of rotatable bonds is 8. The Labute approximate surface area is 259 Å². The van der Waals surface area contributed by atoms with E-state index >= 15 is 0 Å².